The molecule has 19 atom stereocenters. The van der Waals surface area contributed by atoms with Crippen LogP contribution in [0.3, 0.4) is 0 Å². The van der Waals surface area contributed by atoms with E-state index in [2.05, 4.69) is 34.6 Å². The van der Waals surface area contributed by atoms with Crippen molar-refractivity contribution < 1.29 is 64.9 Å². The summed E-state index contributed by atoms with van der Waals surface area (Å²) in [4.78, 5) is 0. The Balaban J connectivity index is 1.22. The van der Waals surface area contributed by atoms with Gasteiger partial charge in [0.2, 0.25) is 0 Å². The van der Waals surface area contributed by atoms with Crippen molar-refractivity contribution >= 4 is 0 Å². The van der Waals surface area contributed by atoms with Crippen LogP contribution in [0.25, 0.3) is 0 Å². The topological polar surface area (TPSA) is 219 Å². The molecule has 2 saturated heterocycles. The number of fused-ring (bicyclic) bond motifs is 5. The Kier molecular flexibility index (Phi) is 12.2. The second-order valence-corrected chi connectivity index (χ2v) is 19.5. The fourth-order valence-corrected chi connectivity index (χ4v) is 13.0. The van der Waals surface area contributed by atoms with Crippen molar-refractivity contribution in [3.05, 3.63) is 11.6 Å². The fourth-order valence-electron chi connectivity index (χ4n) is 13.0. The predicted molar refractivity (Wildman–Crippen MR) is 196 cm³/mol. The van der Waals surface area contributed by atoms with Crippen molar-refractivity contribution in [1.29, 1.82) is 0 Å². The fraction of sp³-hybridized carbons (Fsp3) is 0.951. The normalized spacial score (nSPS) is 51.9. The first-order chi connectivity index (χ1) is 25.2. The Labute approximate surface area is 320 Å². The van der Waals surface area contributed by atoms with Crippen LogP contribution in [0.1, 0.15) is 106 Å². The minimum Gasteiger partial charge on any atom is -0.394 e. The maximum Gasteiger partial charge on any atom is 0.187 e. The lowest BCUT2D eigenvalue weighted by Crippen LogP contribution is -2.69. The van der Waals surface area contributed by atoms with Gasteiger partial charge in [0.05, 0.1) is 37.6 Å². The lowest BCUT2D eigenvalue weighted by Gasteiger charge is -2.71. The Hall–Kier alpha value is -0.780. The maximum atomic E-state index is 12.5. The Morgan fingerprint density at radius 1 is 0.833 bits per heavy atom. The molecule has 0 aromatic heterocycles. The van der Waals surface area contributed by atoms with Gasteiger partial charge in [0.1, 0.15) is 42.7 Å². The molecule has 6 fully saturated rings. The molecule has 2 aliphatic heterocycles. The van der Waals surface area contributed by atoms with E-state index in [1.165, 1.54) is 0 Å². The quantitative estimate of drug-likeness (QED) is 0.114. The molecule has 0 spiro atoms. The third-order valence-corrected chi connectivity index (χ3v) is 16.5. The molecule has 6 rings (SSSR count). The Morgan fingerprint density at radius 3 is 2.20 bits per heavy atom. The number of hydrogen-bond donors (Lipinski definition) is 9. The first-order valence-corrected chi connectivity index (χ1v) is 20.4. The van der Waals surface area contributed by atoms with Gasteiger partial charge in [0.25, 0.3) is 0 Å². The maximum absolute atomic E-state index is 12.5. The van der Waals surface area contributed by atoms with Crippen molar-refractivity contribution in [3.8, 4) is 0 Å². The average Bonchev–Trinajstić information content (AvgIpc) is 3.49. The van der Waals surface area contributed by atoms with Gasteiger partial charge in [-0.15, -0.1) is 0 Å². The molecule has 4 aliphatic carbocycles. The van der Waals surface area contributed by atoms with Crippen LogP contribution < -0.4 is 0 Å². The molecule has 54 heavy (non-hydrogen) atoms. The van der Waals surface area contributed by atoms with Crippen LogP contribution >= 0.6 is 0 Å². The second-order valence-electron chi connectivity index (χ2n) is 19.5. The second kappa shape index (κ2) is 15.4. The molecule has 0 unspecified atom stereocenters. The van der Waals surface area contributed by atoms with Crippen molar-refractivity contribution in [1.82, 2.24) is 0 Å². The van der Waals surface area contributed by atoms with Gasteiger partial charge in [-0.25, -0.2) is 0 Å². The predicted octanol–water partition coefficient (Wildman–Crippen LogP) is 1.76. The van der Waals surface area contributed by atoms with Crippen LogP contribution in [-0.2, 0) is 18.9 Å². The summed E-state index contributed by atoms with van der Waals surface area (Å²) < 4.78 is 24.2. The van der Waals surface area contributed by atoms with E-state index in [0.717, 1.165) is 37.7 Å². The monoisotopic (exact) mass is 770 g/mol. The molecule has 0 radical (unpaired) electrons. The third-order valence-electron chi connectivity index (χ3n) is 16.5. The summed E-state index contributed by atoms with van der Waals surface area (Å²) in [6.45, 7) is 14.4. The smallest absolute Gasteiger partial charge is 0.187 e. The largest absolute Gasteiger partial charge is 0.394 e. The molecule has 0 aromatic rings. The first-order valence-electron chi connectivity index (χ1n) is 20.4. The zero-order chi connectivity index (χ0) is 39.8. The van der Waals surface area contributed by atoms with E-state index >= 15 is 0 Å². The van der Waals surface area contributed by atoms with Gasteiger partial charge >= 0.3 is 0 Å². The number of hydrogen-bond acceptors (Lipinski definition) is 13. The minimum atomic E-state index is -1.64. The van der Waals surface area contributed by atoms with Crippen LogP contribution in [0.4, 0.5) is 0 Å². The van der Waals surface area contributed by atoms with Gasteiger partial charge in [0, 0.05) is 5.41 Å². The Morgan fingerprint density at radius 2 is 1.54 bits per heavy atom. The molecule has 2 heterocycles. The number of ether oxygens (including phenoxy) is 4. The molecule has 4 saturated carbocycles. The number of aliphatic hydroxyl groups excluding tert-OH is 8. The lowest BCUT2D eigenvalue weighted by atomic mass is 9.34. The first kappa shape index (κ1) is 42.8. The summed E-state index contributed by atoms with van der Waals surface area (Å²) in [6, 6.07) is 0. The van der Waals surface area contributed by atoms with E-state index in [4.69, 9.17) is 18.9 Å². The number of rotatable bonds is 10. The van der Waals surface area contributed by atoms with E-state index in [1.54, 1.807) is 0 Å². The zero-order valence-electron chi connectivity index (χ0n) is 33.4. The van der Waals surface area contributed by atoms with Gasteiger partial charge in [-0.05, 0) is 112 Å². The van der Waals surface area contributed by atoms with Crippen molar-refractivity contribution in [2.24, 2.45) is 45.3 Å². The molecular formula is C41H70O13. The SMILES string of the molecule is C/C(=C\CC[C@](C)(O)[C@H]1CC[C@]2(C)[C@H]1CC[C@@H]1[C@]3(C)CC[C@@H](O[C@H]4O[C@@H](CO)[C@@H](O)[C@@H](O)[C@@H]4O[C@@H]4OC[C@H](O)[C@H](O)[C@H]4O)C(C)(C)[C@H]3C[C@H](O)[C@@]12C)CO. The molecule has 0 bridgehead atoms. The van der Waals surface area contributed by atoms with E-state index < -0.39 is 85.1 Å². The van der Waals surface area contributed by atoms with Gasteiger partial charge < -0.3 is 64.9 Å². The van der Waals surface area contributed by atoms with Crippen molar-refractivity contribution in [2.75, 3.05) is 19.8 Å². The summed E-state index contributed by atoms with van der Waals surface area (Å²) >= 11 is 0. The van der Waals surface area contributed by atoms with E-state index in [-0.39, 0.29) is 53.1 Å². The van der Waals surface area contributed by atoms with Crippen LogP contribution in [0.5, 0.6) is 0 Å². The van der Waals surface area contributed by atoms with E-state index in [9.17, 15) is 46.0 Å². The standard InChI is InChI=1S/C41H70O13/c1-21(18-42)9-8-14-40(6,50)23-12-16-39(5)22(23)10-11-26-38(4)15-13-29(37(2,3)27(38)17-28(45)41(26,39)7)53-36-34(32(48)31(47)25(19-43)52-36)54-35-33(49)30(46)24(44)20-51-35/h9,22-36,42-50H,8,10-20H2,1-7H3/b21-9+/t22-,23-,24-,25-,26+,27+,28-,29+,30-,31+,32+,33+,34-,35-,36+,38-,39+,40-,41+/m0/s1. The average molecular weight is 771 g/mol. The summed E-state index contributed by atoms with van der Waals surface area (Å²) in [5.41, 5.74) is -1.12. The molecule has 0 amide bonds. The zero-order valence-corrected chi connectivity index (χ0v) is 33.4. The van der Waals surface area contributed by atoms with Crippen LogP contribution in [0, 0.1) is 45.3 Å². The highest BCUT2D eigenvalue weighted by atomic mass is 16.8. The van der Waals surface area contributed by atoms with Crippen molar-refractivity contribution in [3.63, 3.8) is 0 Å². The highest BCUT2D eigenvalue weighted by Gasteiger charge is 2.72. The van der Waals surface area contributed by atoms with Crippen molar-refractivity contribution in [2.45, 2.75) is 179 Å². The highest BCUT2D eigenvalue weighted by molar-refractivity contribution is 5.21. The summed E-state index contributed by atoms with van der Waals surface area (Å²) in [5.74, 6) is 0.670. The summed E-state index contributed by atoms with van der Waals surface area (Å²) in [5, 5.41) is 96.6. The molecule has 6 aliphatic rings. The lowest BCUT2D eigenvalue weighted by molar-refractivity contribution is -0.371. The summed E-state index contributed by atoms with van der Waals surface area (Å²) in [6.07, 6.45) is -4.77. The molecule has 9 N–H and O–H groups in total. The van der Waals surface area contributed by atoms with Gasteiger partial charge in [-0.2, -0.15) is 0 Å². The number of aliphatic hydroxyl groups is 9. The molecular weight excluding hydrogens is 700 g/mol. The van der Waals surface area contributed by atoms with Gasteiger partial charge in [0.15, 0.2) is 12.6 Å². The minimum absolute atomic E-state index is 0.0210. The van der Waals surface area contributed by atoms with E-state index in [0.29, 0.717) is 25.7 Å². The number of allylic oxidation sites excluding steroid dienone is 1. The highest BCUT2D eigenvalue weighted by Crippen LogP contribution is 2.76. The third kappa shape index (κ3) is 6.86. The molecule has 312 valence electrons. The van der Waals surface area contributed by atoms with Gasteiger partial charge in [-0.1, -0.05) is 46.3 Å². The summed E-state index contributed by atoms with van der Waals surface area (Å²) in [7, 11) is 0. The van der Waals surface area contributed by atoms with Crippen LogP contribution in [0.15, 0.2) is 11.6 Å². The van der Waals surface area contributed by atoms with E-state index in [1.807, 2.05) is 19.9 Å². The molecule has 13 nitrogen and oxygen atoms in total. The molecule has 0 aromatic carbocycles. The van der Waals surface area contributed by atoms with Crippen LogP contribution in [0.2, 0.25) is 0 Å². The van der Waals surface area contributed by atoms with Crippen LogP contribution in [-0.4, -0.2) is 139 Å². The Bertz CT molecular complexity index is 1340. The van der Waals surface area contributed by atoms with Gasteiger partial charge in [-0.3, -0.25) is 0 Å². The molecule has 13 heteroatoms.